The maximum absolute atomic E-state index is 13.5. The molecule has 0 saturated heterocycles. The van der Waals surface area contributed by atoms with E-state index in [-0.39, 0.29) is 18.0 Å². The number of allylic oxidation sites excluding steroid dienone is 2. The standard InChI is InChI=1S/C14H11ClFN4O2/c1-2-22-14(21)9-5-18-13(19-6-9)11-7-17-12-4-3-10(16)8-20(11,12)15/h3-8H,2H2,1H3/q+1. The van der Waals surface area contributed by atoms with Gasteiger partial charge in [-0.05, 0) is 13.0 Å². The zero-order valence-electron chi connectivity index (χ0n) is 11.5. The first-order valence-corrected chi connectivity index (χ1v) is 6.82. The van der Waals surface area contributed by atoms with Crippen molar-refractivity contribution in [3.05, 3.63) is 54.2 Å². The molecule has 2 aliphatic rings. The number of halogens is 2. The first-order valence-electron chi connectivity index (χ1n) is 6.48. The number of nitrogens with zero attached hydrogens (tertiary/aromatic N) is 4. The van der Waals surface area contributed by atoms with E-state index < -0.39 is 15.8 Å². The summed E-state index contributed by atoms with van der Waals surface area (Å²) in [5, 5.41) is 0. The Morgan fingerprint density at radius 1 is 1.36 bits per heavy atom. The lowest BCUT2D eigenvalue weighted by molar-refractivity contribution is -0.566. The van der Waals surface area contributed by atoms with Crippen LogP contribution in [0.2, 0.25) is 0 Å². The van der Waals surface area contributed by atoms with Crippen molar-refractivity contribution in [3.63, 3.8) is 0 Å². The highest BCUT2D eigenvalue weighted by Crippen LogP contribution is 2.38. The normalized spacial score (nSPS) is 22.6. The summed E-state index contributed by atoms with van der Waals surface area (Å²) in [5.74, 6) is -0.296. The second-order valence-corrected chi connectivity index (χ2v) is 5.03. The first-order chi connectivity index (χ1) is 10.5. The molecule has 0 saturated carbocycles. The van der Waals surface area contributed by atoms with Crippen molar-refractivity contribution >= 4 is 29.3 Å². The zero-order chi connectivity index (χ0) is 15.7. The number of ether oxygens (including phenoxy) is 1. The van der Waals surface area contributed by atoms with E-state index in [1.807, 2.05) is 0 Å². The number of aliphatic imine (C=N–C) groups is 1. The van der Waals surface area contributed by atoms with Gasteiger partial charge in [-0.1, -0.05) is 0 Å². The molecular formula is C14H11ClFN4O2+. The number of esters is 1. The van der Waals surface area contributed by atoms with E-state index in [1.165, 1.54) is 36.9 Å². The van der Waals surface area contributed by atoms with Gasteiger partial charge >= 0.3 is 5.97 Å². The van der Waals surface area contributed by atoms with Crippen LogP contribution in [-0.2, 0) is 4.74 Å². The number of hydrogen-bond donors (Lipinski definition) is 0. The number of aromatic nitrogens is 2. The zero-order valence-corrected chi connectivity index (χ0v) is 12.3. The molecule has 1 atom stereocenters. The fourth-order valence-corrected chi connectivity index (χ4v) is 2.37. The monoisotopic (exact) mass is 321 g/mol. The lowest BCUT2D eigenvalue weighted by Crippen LogP contribution is -2.35. The average molecular weight is 322 g/mol. The second-order valence-electron chi connectivity index (χ2n) is 4.50. The van der Waals surface area contributed by atoms with E-state index in [9.17, 15) is 9.18 Å². The van der Waals surface area contributed by atoms with Crippen molar-refractivity contribution in [1.29, 1.82) is 0 Å². The molecule has 112 valence electrons. The Bertz CT molecular complexity index is 755. The van der Waals surface area contributed by atoms with Crippen LogP contribution in [0.1, 0.15) is 23.1 Å². The Morgan fingerprint density at radius 3 is 2.77 bits per heavy atom. The smallest absolute Gasteiger partial charge is 0.341 e. The van der Waals surface area contributed by atoms with Crippen LogP contribution in [0, 0.1) is 0 Å². The molecule has 3 rings (SSSR count). The maximum Gasteiger partial charge on any atom is 0.341 e. The van der Waals surface area contributed by atoms with Gasteiger partial charge in [-0.2, -0.15) is 4.99 Å². The van der Waals surface area contributed by atoms with Gasteiger partial charge in [0, 0.05) is 18.5 Å². The largest absolute Gasteiger partial charge is 0.462 e. The summed E-state index contributed by atoms with van der Waals surface area (Å²) in [6, 6.07) is 0. The molecule has 0 bridgehead atoms. The number of carbonyl (C=O) groups is 1. The van der Waals surface area contributed by atoms with Gasteiger partial charge in [0.05, 0.1) is 12.2 Å². The summed E-state index contributed by atoms with van der Waals surface area (Å²) in [4.78, 5) is 23.9. The summed E-state index contributed by atoms with van der Waals surface area (Å²) < 4.78 is 17.9. The van der Waals surface area contributed by atoms with Crippen LogP contribution >= 0.6 is 11.8 Å². The second kappa shape index (κ2) is 5.43. The van der Waals surface area contributed by atoms with E-state index >= 15 is 0 Å². The highest BCUT2D eigenvalue weighted by atomic mass is 35.5. The Kier molecular flexibility index (Phi) is 3.59. The third-order valence-electron chi connectivity index (χ3n) is 3.09. The summed E-state index contributed by atoms with van der Waals surface area (Å²) in [6.07, 6.45) is 8.10. The topological polar surface area (TPSA) is 64.4 Å². The van der Waals surface area contributed by atoms with Crippen LogP contribution in [0.4, 0.5) is 4.39 Å². The fourth-order valence-electron chi connectivity index (χ4n) is 2.06. The number of hydrogen-bond acceptors (Lipinski definition) is 5. The molecule has 0 aromatic carbocycles. The quantitative estimate of drug-likeness (QED) is 0.634. The third kappa shape index (κ3) is 2.34. The predicted molar refractivity (Wildman–Crippen MR) is 77.8 cm³/mol. The highest BCUT2D eigenvalue weighted by Gasteiger charge is 2.44. The van der Waals surface area contributed by atoms with E-state index in [4.69, 9.17) is 16.5 Å². The molecule has 1 unspecified atom stereocenters. The van der Waals surface area contributed by atoms with Crippen molar-refractivity contribution in [3.8, 4) is 0 Å². The van der Waals surface area contributed by atoms with Gasteiger partial charge in [-0.3, -0.25) is 0 Å². The van der Waals surface area contributed by atoms with Crippen LogP contribution in [0.15, 0.2) is 47.8 Å². The molecular weight excluding hydrogens is 311 g/mol. The molecule has 8 heteroatoms. The molecule has 1 aromatic heterocycles. The molecule has 0 spiro atoms. The van der Waals surface area contributed by atoms with E-state index in [1.54, 1.807) is 6.92 Å². The molecule has 0 aliphatic carbocycles. The Hall–Kier alpha value is -2.38. The Labute approximate surface area is 130 Å². The van der Waals surface area contributed by atoms with Crippen LogP contribution in [0.3, 0.4) is 0 Å². The highest BCUT2D eigenvalue weighted by molar-refractivity contribution is 6.20. The summed E-state index contributed by atoms with van der Waals surface area (Å²) in [5.41, 5.74) is 0.623. The van der Waals surface area contributed by atoms with Crippen molar-refractivity contribution in [1.82, 2.24) is 9.97 Å². The Balaban J connectivity index is 1.90. The predicted octanol–water partition coefficient (Wildman–Crippen LogP) is 2.72. The lowest BCUT2D eigenvalue weighted by atomic mass is 10.3. The van der Waals surface area contributed by atoms with E-state index in [0.717, 1.165) is 0 Å². The molecule has 22 heavy (non-hydrogen) atoms. The van der Waals surface area contributed by atoms with Crippen LogP contribution in [0.25, 0.3) is 5.70 Å². The number of rotatable bonds is 3. The molecule has 6 nitrogen and oxygen atoms in total. The molecule has 0 N–H and O–H groups in total. The summed E-state index contributed by atoms with van der Waals surface area (Å²) >= 11 is 6.42. The van der Waals surface area contributed by atoms with Crippen molar-refractivity contribution in [2.75, 3.05) is 6.61 Å². The van der Waals surface area contributed by atoms with E-state index in [0.29, 0.717) is 11.5 Å². The number of amidine groups is 1. The number of fused-ring (bicyclic) bond motifs is 1. The number of carbonyl (C=O) groups excluding carboxylic acids is 1. The van der Waals surface area contributed by atoms with Gasteiger partial charge in [0.25, 0.3) is 5.84 Å². The lowest BCUT2D eigenvalue weighted by Gasteiger charge is -2.22. The molecule has 2 aliphatic heterocycles. The van der Waals surface area contributed by atoms with Gasteiger partial charge < -0.3 is 4.74 Å². The van der Waals surface area contributed by atoms with Crippen LogP contribution in [0.5, 0.6) is 0 Å². The van der Waals surface area contributed by atoms with Crippen molar-refractivity contribution in [2.24, 2.45) is 4.99 Å². The van der Waals surface area contributed by atoms with Crippen LogP contribution in [-0.4, -0.2) is 32.4 Å². The third-order valence-corrected chi connectivity index (χ3v) is 3.54. The average Bonchev–Trinajstić information content (AvgIpc) is 2.83. The number of quaternary nitrogens is 1. The fraction of sp³-hybridized carbons (Fsp3) is 0.143. The van der Waals surface area contributed by atoms with Gasteiger partial charge in [-0.15, -0.1) is 4.00 Å². The summed E-state index contributed by atoms with van der Waals surface area (Å²) in [7, 11) is 0. The molecule has 0 radical (unpaired) electrons. The van der Waals surface area contributed by atoms with Crippen molar-refractivity contribution < 1.29 is 17.9 Å². The molecule has 3 heterocycles. The van der Waals surface area contributed by atoms with Crippen LogP contribution < -0.4 is 0 Å². The minimum absolute atomic E-state index is 0.228. The molecule has 1 aromatic rings. The van der Waals surface area contributed by atoms with Gasteiger partial charge in [-0.25, -0.2) is 19.2 Å². The summed E-state index contributed by atoms with van der Waals surface area (Å²) in [6.45, 7) is 1.97. The molecule has 0 amide bonds. The minimum atomic E-state index is -0.506. The van der Waals surface area contributed by atoms with Crippen molar-refractivity contribution in [2.45, 2.75) is 6.92 Å². The molecule has 0 fully saturated rings. The van der Waals surface area contributed by atoms with E-state index in [2.05, 4.69) is 15.0 Å². The SMILES string of the molecule is CCOC(=O)c1cnc(C2=CN=C3C=CC(F)=C[N+]23Cl)nc1. The maximum atomic E-state index is 13.5. The van der Waals surface area contributed by atoms with Gasteiger partial charge in [0.2, 0.25) is 11.5 Å². The first kappa shape index (κ1) is 14.6. The van der Waals surface area contributed by atoms with Gasteiger partial charge in [0.1, 0.15) is 6.20 Å². The Morgan fingerprint density at radius 2 is 2.09 bits per heavy atom. The minimum Gasteiger partial charge on any atom is -0.462 e. The van der Waals surface area contributed by atoms with Gasteiger partial charge in [0.15, 0.2) is 23.8 Å².